The van der Waals surface area contributed by atoms with E-state index in [0.29, 0.717) is 12.1 Å². The molecule has 4 nitrogen and oxygen atoms in total. The Kier molecular flexibility index (Phi) is 5.77. The smallest absolute Gasteiger partial charge is 0.171 e. The van der Waals surface area contributed by atoms with Crippen LogP contribution in [0.15, 0.2) is 48.5 Å². The topological polar surface area (TPSA) is 38.8 Å². The van der Waals surface area contributed by atoms with Gasteiger partial charge in [-0.2, -0.15) is 0 Å². The maximum Gasteiger partial charge on any atom is 0.171 e. The van der Waals surface area contributed by atoms with E-state index in [1.54, 1.807) is 14.2 Å². The molecule has 0 aliphatic rings. The number of carbonyl (C=O) groups excluding carboxylic acids is 1. The maximum absolute atomic E-state index is 12.9. The first-order valence-corrected chi connectivity index (χ1v) is 7.52. The molecule has 2 rings (SSSR count). The maximum atomic E-state index is 12.9. The van der Waals surface area contributed by atoms with Crippen molar-refractivity contribution in [3.63, 3.8) is 0 Å². The summed E-state index contributed by atoms with van der Waals surface area (Å²) in [5.41, 5.74) is 1.67. The molecule has 0 N–H and O–H groups in total. The largest absolute Gasteiger partial charge is 0.497 e. The summed E-state index contributed by atoms with van der Waals surface area (Å²) in [5.74, 6) is 1.42. The molecule has 2 aromatic rings. The van der Waals surface area contributed by atoms with Crippen LogP contribution in [0.25, 0.3) is 0 Å². The predicted octanol–water partition coefficient (Wildman–Crippen LogP) is 3.23. The van der Waals surface area contributed by atoms with E-state index >= 15 is 0 Å². The first kappa shape index (κ1) is 17.0. The van der Waals surface area contributed by atoms with Gasteiger partial charge in [0.25, 0.3) is 0 Å². The minimum atomic E-state index is -0.218. The van der Waals surface area contributed by atoms with Gasteiger partial charge in [0, 0.05) is 12.1 Å². The fourth-order valence-corrected chi connectivity index (χ4v) is 2.50. The Labute approximate surface area is 137 Å². The van der Waals surface area contributed by atoms with E-state index in [9.17, 15) is 4.79 Å². The highest BCUT2D eigenvalue weighted by Gasteiger charge is 2.23. The van der Waals surface area contributed by atoms with Crippen molar-refractivity contribution in [2.75, 3.05) is 34.9 Å². The number of nitrogens with zero attached hydrogens (tertiary/aromatic N) is 1. The van der Waals surface area contributed by atoms with Gasteiger partial charge in [-0.05, 0) is 56.1 Å². The molecule has 0 heterocycles. The van der Waals surface area contributed by atoms with Crippen LogP contribution in [-0.2, 0) is 0 Å². The van der Waals surface area contributed by atoms with Gasteiger partial charge in [-0.3, -0.25) is 4.79 Å². The molecular formula is C19H23NO3. The molecule has 0 fully saturated rings. The van der Waals surface area contributed by atoms with Crippen molar-refractivity contribution in [1.82, 2.24) is 4.90 Å². The zero-order chi connectivity index (χ0) is 16.8. The van der Waals surface area contributed by atoms with Crippen LogP contribution in [0.1, 0.15) is 21.8 Å². The number of rotatable bonds is 7. The zero-order valence-electron chi connectivity index (χ0n) is 14.1. The van der Waals surface area contributed by atoms with Crippen molar-refractivity contribution in [2.24, 2.45) is 0 Å². The molecule has 122 valence electrons. The van der Waals surface area contributed by atoms with Gasteiger partial charge in [0.2, 0.25) is 0 Å². The van der Waals surface area contributed by atoms with Crippen molar-refractivity contribution < 1.29 is 14.3 Å². The van der Waals surface area contributed by atoms with E-state index in [0.717, 1.165) is 17.1 Å². The third-order valence-electron chi connectivity index (χ3n) is 3.76. The Morgan fingerprint density at radius 2 is 1.39 bits per heavy atom. The molecule has 23 heavy (non-hydrogen) atoms. The number of hydrogen-bond acceptors (Lipinski definition) is 4. The van der Waals surface area contributed by atoms with Gasteiger partial charge in [-0.1, -0.05) is 12.1 Å². The van der Waals surface area contributed by atoms with E-state index in [4.69, 9.17) is 9.47 Å². The standard InChI is InChI=1S/C19H23NO3/c1-20(2)13-18(14-5-9-16(22-3)10-6-14)19(21)15-7-11-17(23-4)12-8-15/h5-12,18H,13H2,1-4H3. The third-order valence-corrected chi connectivity index (χ3v) is 3.76. The quantitative estimate of drug-likeness (QED) is 0.736. The normalized spacial score (nSPS) is 12.0. The molecule has 0 spiro atoms. The Hall–Kier alpha value is -2.33. The lowest BCUT2D eigenvalue weighted by Crippen LogP contribution is -2.26. The van der Waals surface area contributed by atoms with Gasteiger partial charge in [0.1, 0.15) is 11.5 Å². The van der Waals surface area contributed by atoms with Crippen molar-refractivity contribution in [1.29, 1.82) is 0 Å². The van der Waals surface area contributed by atoms with E-state index in [1.807, 2.05) is 67.5 Å². The third kappa shape index (κ3) is 4.33. The zero-order valence-corrected chi connectivity index (χ0v) is 14.1. The number of Topliss-reactive ketones (excluding diaryl/α,β-unsaturated/α-hetero) is 1. The van der Waals surface area contributed by atoms with Crippen LogP contribution >= 0.6 is 0 Å². The molecule has 0 amide bonds. The van der Waals surface area contributed by atoms with E-state index in [1.165, 1.54) is 0 Å². The molecule has 0 saturated heterocycles. The summed E-state index contributed by atoms with van der Waals surface area (Å²) < 4.78 is 10.3. The van der Waals surface area contributed by atoms with Crippen LogP contribution in [0.2, 0.25) is 0 Å². The van der Waals surface area contributed by atoms with Crippen LogP contribution in [0, 0.1) is 0 Å². The van der Waals surface area contributed by atoms with Crippen molar-refractivity contribution >= 4 is 5.78 Å². The summed E-state index contributed by atoms with van der Waals surface area (Å²) in [7, 11) is 7.19. The first-order valence-electron chi connectivity index (χ1n) is 7.52. The van der Waals surface area contributed by atoms with Crippen LogP contribution < -0.4 is 9.47 Å². The van der Waals surface area contributed by atoms with Gasteiger partial charge < -0.3 is 14.4 Å². The Balaban J connectivity index is 2.30. The second kappa shape index (κ2) is 7.79. The molecule has 0 saturated carbocycles. The highest BCUT2D eigenvalue weighted by Crippen LogP contribution is 2.25. The molecule has 0 radical (unpaired) electrons. The van der Waals surface area contributed by atoms with Crippen molar-refractivity contribution in [2.45, 2.75) is 5.92 Å². The highest BCUT2D eigenvalue weighted by atomic mass is 16.5. The molecule has 2 aromatic carbocycles. The van der Waals surface area contributed by atoms with Crippen LogP contribution in [-0.4, -0.2) is 45.5 Å². The Morgan fingerprint density at radius 3 is 1.83 bits per heavy atom. The number of ketones is 1. The lowest BCUT2D eigenvalue weighted by atomic mass is 9.90. The number of hydrogen-bond donors (Lipinski definition) is 0. The minimum absolute atomic E-state index is 0.103. The van der Waals surface area contributed by atoms with Gasteiger partial charge in [-0.15, -0.1) is 0 Å². The fourth-order valence-electron chi connectivity index (χ4n) is 2.50. The lowest BCUT2D eigenvalue weighted by Gasteiger charge is -2.21. The number of carbonyl (C=O) groups is 1. The van der Waals surface area contributed by atoms with Crippen LogP contribution in [0.4, 0.5) is 0 Å². The average molecular weight is 313 g/mol. The fraction of sp³-hybridized carbons (Fsp3) is 0.316. The Bertz CT molecular complexity index is 633. The minimum Gasteiger partial charge on any atom is -0.497 e. The lowest BCUT2D eigenvalue weighted by molar-refractivity contribution is 0.0944. The SMILES string of the molecule is COc1ccc(C(=O)C(CN(C)C)c2ccc(OC)cc2)cc1. The van der Waals surface area contributed by atoms with Crippen molar-refractivity contribution in [3.05, 3.63) is 59.7 Å². The van der Waals surface area contributed by atoms with Crippen LogP contribution in [0.3, 0.4) is 0 Å². The Morgan fingerprint density at radius 1 is 0.913 bits per heavy atom. The first-order chi connectivity index (χ1) is 11.0. The van der Waals surface area contributed by atoms with E-state index in [2.05, 4.69) is 0 Å². The molecule has 4 heteroatoms. The van der Waals surface area contributed by atoms with Crippen molar-refractivity contribution in [3.8, 4) is 11.5 Å². The van der Waals surface area contributed by atoms with E-state index in [-0.39, 0.29) is 11.7 Å². The number of ether oxygens (including phenoxy) is 2. The summed E-state index contributed by atoms with van der Waals surface area (Å²) in [4.78, 5) is 15.0. The molecule has 1 atom stereocenters. The summed E-state index contributed by atoms with van der Waals surface area (Å²) in [5, 5.41) is 0. The predicted molar refractivity (Wildman–Crippen MR) is 91.6 cm³/mol. The molecular weight excluding hydrogens is 290 g/mol. The number of methoxy groups -OCH3 is 2. The van der Waals surface area contributed by atoms with Gasteiger partial charge in [-0.25, -0.2) is 0 Å². The molecule has 0 bridgehead atoms. The highest BCUT2D eigenvalue weighted by molar-refractivity contribution is 6.01. The summed E-state index contributed by atoms with van der Waals surface area (Å²) in [6, 6.07) is 14.9. The molecule has 0 aliphatic heterocycles. The van der Waals surface area contributed by atoms with Gasteiger partial charge in [0.05, 0.1) is 20.1 Å². The van der Waals surface area contributed by atoms with Gasteiger partial charge in [0.15, 0.2) is 5.78 Å². The average Bonchev–Trinajstić information content (AvgIpc) is 2.59. The monoisotopic (exact) mass is 313 g/mol. The second-order valence-corrected chi connectivity index (χ2v) is 5.68. The van der Waals surface area contributed by atoms with Crippen LogP contribution in [0.5, 0.6) is 11.5 Å². The second-order valence-electron chi connectivity index (χ2n) is 5.68. The molecule has 0 aliphatic carbocycles. The van der Waals surface area contributed by atoms with E-state index < -0.39 is 0 Å². The van der Waals surface area contributed by atoms with Gasteiger partial charge >= 0.3 is 0 Å². The summed E-state index contributed by atoms with van der Waals surface area (Å²) in [6.45, 7) is 0.650. The molecule has 0 aromatic heterocycles. The molecule has 1 unspecified atom stereocenters. The number of benzene rings is 2. The number of likely N-dealkylation sites (N-methyl/N-ethyl adjacent to an activating group) is 1. The summed E-state index contributed by atoms with van der Waals surface area (Å²) >= 11 is 0. The summed E-state index contributed by atoms with van der Waals surface area (Å²) in [6.07, 6.45) is 0.